The van der Waals surface area contributed by atoms with E-state index in [1.807, 2.05) is 31.2 Å². The maximum Gasteiger partial charge on any atom is 0.247 e. The van der Waals surface area contributed by atoms with E-state index in [9.17, 15) is 0 Å². The second-order valence-corrected chi connectivity index (χ2v) is 3.50. The largest absolute Gasteiger partial charge is 0.494 e. The zero-order valence-corrected chi connectivity index (χ0v) is 9.72. The van der Waals surface area contributed by atoms with Gasteiger partial charge in [-0.25, -0.2) is 0 Å². The summed E-state index contributed by atoms with van der Waals surface area (Å²) in [6, 6.07) is 7.55. The van der Waals surface area contributed by atoms with Crippen LogP contribution in [0.3, 0.4) is 0 Å². The van der Waals surface area contributed by atoms with Gasteiger partial charge in [-0.15, -0.1) is 10.2 Å². The quantitative estimate of drug-likeness (QED) is 0.849. The van der Waals surface area contributed by atoms with Crippen molar-refractivity contribution >= 4 is 0 Å². The van der Waals surface area contributed by atoms with Crippen LogP contribution in [0.15, 0.2) is 28.7 Å². The van der Waals surface area contributed by atoms with Gasteiger partial charge in [0.15, 0.2) is 0 Å². The summed E-state index contributed by atoms with van der Waals surface area (Å²) < 4.78 is 10.8. The first kappa shape index (κ1) is 11.6. The average Bonchev–Trinajstić information content (AvgIpc) is 2.80. The Kier molecular flexibility index (Phi) is 3.72. The van der Waals surface area contributed by atoms with Crippen LogP contribution in [-0.4, -0.2) is 23.3 Å². The Hall–Kier alpha value is -1.88. The van der Waals surface area contributed by atoms with Crippen LogP contribution < -0.4 is 10.5 Å². The fourth-order valence-corrected chi connectivity index (χ4v) is 1.46. The number of rotatable bonds is 5. The van der Waals surface area contributed by atoms with Crippen molar-refractivity contribution in [3.8, 4) is 17.2 Å². The molecule has 0 aliphatic heterocycles. The van der Waals surface area contributed by atoms with Gasteiger partial charge in [-0.2, -0.15) is 0 Å². The van der Waals surface area contributed by atoms with Crippen molar-refractivity contribution in [1.82, 2.24) is 10.2 Å². The summed E-state index contributed by atoms with van der Waals surface area (Å²) in [4.78, 5) is 0. The summed E-state index contributed by atoms with van der Waals surface area (Å²) in [5.74, 6) is 1.91. The van der Waals surface area contributed by atoms with Crippen LogP contribution >= 0.6 is 0 Å². The van der Waals surface area contributed by atoms with Gasteiger partial charge in [-0.3, -0.25) is 0 Å². The van der Waals surface area contributed by atoms with E-state index in [-0.39, 0.29) is 0 Å². The minimum absolute atomic E-state index is 0.505. The summed E-state index contributed by atoms with van der Waals surface area (Å²) in [6.45, 7) is 3.11. The lowest BCUT2D eigenvalue weighted by molar-refractivity contribution is 0.340. The lowest BCUT2D eigenvalue weighted by Gasteiger charge is -2.02. The van der Waals surface area contributed by atoms with Gasteiger partial charge in [0.25, 0.3) is 0 Å². The Morgan fingerprint density at radius 1 is 1.24 bits per heavy atom. The Labute approximate surface area is 99.6 Å². The number of ether oxygens (including phenoxy) is 1. The molecule has 0 spiro atoms. The number of hydrogen-bond acceptors (Lipinski definition) is 5. The number of hydrogen-bond donors (Lipinski definition) is 1. The molecule has 0 aliphatic carbocycles. The van der Waals surface area contributed by atoms with E-state index in [1.165, 1.54) is 0 Å². The van der Waals surface area contributed by atoms with Gasteiger partial charge in [-0.1, -0.05) is 0 Å². The first-order chi connectivity index (χ1) is 8.33. The van der Waals surface area contributed by atoms with Gasteiger partial charge in [0.1, 0.15) is 5.75 Å². The summed E-state index contributed by atoms with van der Waals surface area (Å²) in [7, 11) is 0. The molecule has 0 bridgehead atoms. The van der Waals surface area contributed by atoms with Crippen molar-refractivity contribution in [3.63, 3.8) is 0 Å². The zero-order chi connectivity index (χ0) is 12.1. The zero-order valence-electron chi connectivity index (χ0n) is 9.72. The van der Waals surface area contributed by atoms with Crippen LogP contribution in [0.1, 0.15) is 12.8 Å². The molecule has 90 valence electrons. The molecular weight excluding hydrogens is 218 g/mol. The number of benzene rings is 1. The van der Waals surface area contributed by atoms with Gasteiger partial charge >= 0.3 is 0 Å². The summed E-state index contributed by atoms with van der Waals surface area (Å²) in [5, 5.41) is 7.88. The van der Waals surface area contributed by atoms with Crippen LogP contribution in [0.5, 0.6) is 5.75 Å². The third kappa shape index (κ3) is 2.82. The molecule has 0 aliphatic rings. The Morgan fingerprint density at radius 2 is 2.00 bits per heavy atom. The van der Waals surface area contributed by atoms with E-state index < -0.39 is 0 Å². The van der Waals surface area contributed by atoms with E-state index in [0.29, 0.717) is 31.4 Å². The molecule has 0 saturated heterocycles. The second-order valence-electron chi connectivity index (χ2n) is 3.50. The molecule has 1 aromatic carbocycles. The predicted molar refractivity (Wildman–Crippen MR) is 63.7 cm³/mol. The highest BCUT2D eigenvalue weighted by molar-refractivity contribution is 5.53. The Morgan fingerprint density at radius 3 is 2.65 bits per heavy atom. The normalized spacial score (nSPS) is 10.5. The molecule has 0 saturated carbocycles. The SMILES string of the molecule is CCOc1ccc(-c2nnc(CCN)o2)cc1. The Bertz CT molecular complexity index is 465. The first-order valence-electron chi connectivity index (χ1n) is 5.59. The highest BCUT2D eigenvalue weighted by Gasteiger charge is 2.07. The van der Waals surface area contributed by atoms with Crippen molar-refractivity contribution in [2.75, 3.05) is 13.2 Å². The molecular formula is C12H15N3O2. The fraction of sp³-hybridized carbons (Fsp3) is 0.333. The van der Waals surface area contributed by atoms with Gasteiger partial charge in [0, 0.05) is 18.5 Å². The van der Waals surface area contributed by atoms with Gasteiger partial charge in [-0.05, 0) is 31.2 Å². The lowest BCUT2D eigenvalue weighted by Crippen LogP contribution is -2.02. The van der Waals surface area contributed by atoms with Crippen molar-refractivity contribution in [1.29, 1.82) is 0 Å². The lowest BCUT2D eigenvalue weighted by atomic mass is 10.2. The molecule has 0 amide bonds. The number of aromatic nitrogens is 2. The van der Waals surface area contributed by atoms with Crippen LogP contribution in [0, 0.1) is 0 Å². The fourth-order valence-electron chi connectivity index (χ4n) is 1.46. The van der Waals surface area contributed by atoms with E-state index in [1.54, 1.807) is 0 Å². The Balaban J connectivity index is 2.15. The van der Waals surface area contributed by atoms with Crippen LogP contribution in [0.4, 0.5) is 0 Å². The minimum atomic E-state index is 0.505. The molecule has 0 atom stereocenters. The molecule has 2 N–H and O–H groups in total. The van der Waals surface area contributed by atoms with Gasteiger partial charge in [0.05, 0.1) is 6.61 Å². The van der Waals surface area contributed by atoms with E-state index >= 15 is 0 Å². The summed E-state index contributed by atoms with van der Waals surface area (Å²) in [5.41, 5.74) is 6.30. The van der Waals surface area contributed by atoms with Gasteiger partial charge in [0.2, 0.25) is 11.8 Å². The number of nitrogens with zero attached hydrogens (tertiary/aromatic N) is 2. The molecule has 5 nitrogen and oxygen atoms in total. The third-order valence-corrected chi connectivity index (χ3v) is 2.24. The average molecular weight is 233 g/mol. The highest BCUT2D eigenvalue weighted by atomic mass is 16.5. The van der Waals surface area contributed by atoms with Crippen molar-refractivity contribution in [2.24, 2.45) is 5.73 Å². The standard InChI is InChI=1S/C12H15N3O2/c1-2-16-10-5-3-9(4-6-10)12-15-14-11(17-12)7-8-13/h3-6H,2,7-8,13H2,1H3. The molecule has 2 rings (SSSR count). The number of nitrogens with two attached hydrogens (primary N) is 1. The first-order valence-corrected chi connectivity index (χ1v) is 5.59. The topological polar surface area (TPSA) is 74.2 Å². The summed E-state index contributed by atoms with van der Waals surface area (Å²) in [6.07, 6.45) is 0.601. The highest BCUT2D eigenvalue weighted by Crippen LogP contribution is 2.21. The molecule has 0 radical (unpaired) electrons. The van der Waals surface area contributed by atoms with Crippen molar-refractivity contribution in [3.05, 3.63) is 30.2 Å². The van der Waals surface area contributed by atoms with E-state index in [0.717, 1.165) is 11.3 Å². The molecule has 5 heteroatoms. The van der Waals surface area contributed by atoms with Crippen molar-refractivity contribution < 1.29 is 9.15 Å². The molecule has 1 heterocycles. The molecule has 0 fully saturated rings. The van der Waals surface area contributed by atoms with Crippen LogP contribution in [-0.2, 0) is 6.42 Å². The molecule has 2 aromatic rings. The van der Waals surface area contributed by atoms with Crippen LogP contribution in [0.25, 0.3) is 11.5 Å². The second kappa shape index (κ2) is 5.45. The van der Waals surface area contributed by atoms with Crippen molar-refractivity contribution in [2.45, 2.75) is 13.3 Å². The molecule has 1 aromatic heterocycles. The third-order valence-electron chi connectivity index (χ3n) is 2.24. The smallest absolute Gasteiger partial charge is 0.247 e. The molecule has 0 unspecified atom stereocenters. The maximum atomic E-state index is 5.47. The van der Waals surface area contributed by atoms with E-state index in [4.69, 9.17) is 14.9 Å². The predicted octanol–water partition coefficient (Wildman–Crippen LogP) is 1.64. The molecule has 17 heavy (non-hydrogen) atoms. The van der Waals surface area contributed by atoms with Gasteiger partial charge < -0.3 is 14.9 Å². The summed E-state index contributed by atoms with van der Waals surface area (Å²) >= 11 is 0. The minimum Gasteiger partial charge on any atom is -0.494 e. The monoisotopic (exact) mass is 233 g/mol. The van der Waals surface area contributed by atoms with E-state index in [2.05, 4.69) is 10.2 Å². The maximum absolute atomic E-state index is 5.47. The van der Waals surface area contributed by atoms with Crippen LogP contribution in [0.2, 0.25) is 0 Å².